The van der Waals surface area contributed by atoms with Crippen molar-refractivity contribution in [3.05, 3.63) is 24.3 Å². The predicted octanol–water partition coefficient (Wildman–Crippen LogP) is 22.5. The van der Waals surface area contributed by atoms with E-state index in [1.54, 1.807) is 55.3 Å². The first-order valence-corrected chi connectivity index (χ1v) is 53.9. The van der Waals surface area contributed by atoms with Crippen molar-refractivity contribution in [1.82, 2.24) is 0 Å². The number of hydrogen-bond donors (Lipinski definition) is 0. The molecule has 0 radical (unpaired) electrons. The number of fused-ring (bicyclic) bond motifs is 2. The first-order chi connectivity index (χ1) is 31.9. The Balaban J connectivity index is 1.60. The Hall–Kier alpha value is 1.54. The third kappa shape index (κ3) is 18.5. The second-order valence-electron chi connectivity index (χ2n) is 20.9. The van der Waals surface area contributed by atoms with Gasteiger partial charge in [0.1, 0.15) is 0 Å². The van der Waals surface area contributed by atoms with Crippen LogP contribution in [0.5, 0.6) is 0 Å². The number of hydrogen-bond acceptors (Lipinski definition) is 8. The molecule has 66 heavy (non-hydrogen) atoms. The standard InChI is InChI=1S/C50H72S8.6CH3.2Sn/c1-5-9-13-17-21-25-31-51-43-37-41(57-49(43)55-33-27-23-19-15-11-7-3)45-39-29-35-54-48(39)46(40-30-36-53-47(40)45)42-38-44(52-32-26-22-18-14-10-6-2)50(58-42)56-34-28-24-20-16-12-8-4;;;;;;;;/h29-30,37-38H,5-28,31-34H2,1-4H3;6*1H3;;. The molecule has 0 amide bonds. The average molecular weight is 1260 g/mol. The Morgan fingerprint density at radius 2 is 0.636 bits per heavy atom. The Morgan fingerprint density at radius 1 is 0.348 bits per heavy atom. The van der Waals surface area contributed by atoms with Crippen LogP contribution in [-0.4, -0.2) is 59.8 Å². The first kappa shape index (κ1) is 58.4. The van der Waals surface area contributed by atoms with Crippen LogP contribution in [0.15, 0.2) is 42.5 Å². The molecule has 0 unspecified atom stereocenters. The second kappa shape index (κ2) is 31.3. The van der Waals surface area contributed by atoms with Gasteiger partial charge in [-0.2, -0.15) is 0 Å². The van der Waals surface area contributed by atoms with E-state index >= 15 is 0 Å². The molecule has 0 nitrogen and oxygen atoms in total. The van der Waals surface area contributed by atoms with Crippen LogP contribution in [0.3, 0.4) is 0 Å². The molecule has 0 saturated carbocycles. The molecule has 4 aromatic heterocycles. The van der Waals surface area contributed by atoms with E-state index in [1.807, 2.05) is 0 Å². The maximum absolute atomic E-state index is 2.75. The summed E-state index contributed by atoms with van der Waals surface area (Å²) in [5.74, 6) is 4.99. The first-order valence-electron chi connectivity index (χ1n) is 26.7. The van der Waals surface area contributed by atoms with Crippen molar-refractivity contribution in [3.63, 3.8) is 0 Å². The SMILES string of the molecule is CCCCCCCCSc1cc(-c2c3c[c]([Sn]([CH3])([CH3])[CH3])sc3c(-c3cc(SCCCCCCCC)c(SCCCCCCCC)s3)c3c[c]([Sn]([CH3])([CH3])[CH3])sc23)sc1SCCCCCCCC. The molecule has 1 aromatic carbocycles. The Labute approximate surface area is 447 Å². The van der Waals surface area contributed by atoms with Gasteiger partial charge in [-0.05, 0) is 0 Å². The van der Waals surface area contributed by atoms with Crippen molar-refractivity contribution >= 4 is 155 Å². The fraction of sp³-hybridized carbons (Fsp3) is 0.679. The summed E-state index contributed by atoms with van der Waals surface area (Å²) in [6.45, 7) is 9.33. The van der Waals surface area contributed by atoms with Crippen LogP contribution in [0.2, 0.25) is 29.6 Å². The van der Waals surface area contributed by atoms with Gasteiger partial charge in [0.2, 0.25) is 0 Å². The zero-order valence-corrected chi connectivity index (χ0v) is 55.6. The normalized spacial score (nSPS) is 12.5. The van der Waals surface area contributed by atoms with E-state index in [0.717, 1.165) is 0 Å². The molecule has 0 N–H and O–H groups in total. The van der Waals surface area contributed by atoms with E-state index in [4.69, 9.17) is 0 Å². The third-order valence-electron chi connectivity index (χ3n) is 12.7. The Kier molecular flexibility index (Phi) is 27.7. The van der Waals surface area contributed by atoms with Crippen molar-refractivity contribution < 1.29 is 0 Å². The van der Waals surface area contributed by atoms with Gasteiger partial charge in [-0.15, -0.1) is 0 Å². The molecule has 10 heteroatoms. The summed E-state index contributed by atoms with van der Waals surface area (Å²) < 4.78 is 9.82. The van der Waals surface area contributed by atoms with E-state index in [2.05, 4.69) is 174 Å². The minimum atomic E-state index is -2.45. The summed E-state index contributed by atoms with van der Waals surface area (Å²) in [5, 5.41) is 3.14. The van der Waals surface area contributed by atoms with Crippen LogP contribution >= 0.6 is 92.4 Å². The molecule has 0 fully saturated rings. The summed E-state index contributed by atoms with van der Waals surface area (Å²) in [5.41, 5.74) is 3.16. The van der Waals surface area contributed by atoms with Crippen molar-refractivity contribution in [2.24, 2.45) is 0 Å². The zero-order valence-electron chi connectivity index (χ0n) is 43.4. The van der Waals surface area contributed by atoms with E-state index < -0.39 is 36.8 Å². The number of rotatable bonds is 36. The van der Waals surface area contributed by atoms with Gasteiger partial charge in [-0.3, -0.25) is 0 Å². The molecule has 5 aromatic rings. The molecule has 4 heterocycles. The van der Waals surface area contributed by atoms with Gasteiger partial charge < -0.3 is 0 Å². The van der Waals surface area contributed by atoms with Gasteiger partial charge in [0.15, 0.2) is 0 Å². The van der Waals surface area contributed by atoms with E-state index in [1.165, 1.54) is 187 Å². The van der Waals surface area contributed by atoms with Crippen LogP contribution in [-0.2, 0) is 0 Å². The quantitative estimate of drug-likeness (QED) is 0.0223. The van der Waals surface area contributed by atoms with Gasteiger partial charge in [-0.1, -0.05) is 105 Å². The summed E-state index contributed by atoms with van der Waals surface area (Å²) in [4.78, 5) is 22.1. The number of thioether (sulfide) groups is 4. The summed E-state index contributed by atoms with van der Waals surface area (Å²) in [6.07, 6.45) is 32.9. The van der Waals surface area contributed by atoms with Crippen LogP contribution in [0.4, 0.5) is 0 Å². The van der Waals surface area contributed by atoms with Crippen molar-refractivity contribution in [1.29, 1.82) is 0 Å². The van der Waals surface area contributed by atoms with Gasteiger partial charge in [-0.25, -0.2) is 0 Å². The minimum absolute atomic E-state index is 1.25. The molecule has 0 spiro atoms. The molecular formula is C56H90S8Sn2. The predicted molar refractivity (Wildman–Crippen MR) is 326 cm³/mol. The van der Waals surface area contributed by atoms with Crippen molar-refractivity contribution in [3.8, 4) is 20.9 Å². The van der Waals surface area contributed by atoms with Crippen molar-refractivity contribution in [2.75, 3.05) is 23.0 Å². The van der Waals surface area contributed by atoms with E-state index in [9.17, 15) is 0 Å². The molecule has 0 aliphatic carbocycles. The number of thiophene rings is 4. The van der Waals surface area contributed by atoms with Crippen LogP contribution < -0.4 is 5.79 Å². The maximum atomic E-state index is 2.75. The van der Waals surface area contributed by atoms with Gasteiger partial charge in [0, 0.05) is 0 Å². The fourth-order valence-corrected chi connectivity index (χ4v) is 29.5. The molecule has 0 bridgehead atoms. The van der Waals surface area contributed by atoms with Gasteiger partial charge in [0.25, 0.3) is 0 Å². The summed E-state index contributed by atoms with van der Waals surface area (Å²) >= 11 is 12.5. The molecule has 370 valence electrons. The number of benzene rings is 1. The van der Waals surface area contributed by atoms with Crippen LogP contribution in [0.25, 0.3) is 41.1 Å². The molecule has 0 atom stereocenters. The molecule has 0 aliphatic heterocycles. The smallest absolute Gasteiger partial charge is 0.0654 e. The monoisotopic (exact) mass is 1260 g/mol. The molecular weight excluding hydrogens is 1170 g/mol. The van der Waals surface area contributed by atoms with Crippen molar-refractivity contribution in [2.45, 2.75) is 230 Å². The minimum Gasteiger partial charge on any atom is -0.0654 e. The zero-order chi connectivity index (χ0) is 47.4. The Bertz CT molecular complexity index is 1850. The topological polar surface area (TPSA) is 0 Å². The summed E-state index contributed by atoms with van der Waals surface area (Å²) in [6, 6.07) is 10.9. The van der Waals surface area contributed by atoms with E-state index in [0.29, 0.717) is 0 Å². The molecule has 0 saturated heterocycles. The second-order valence-corrected chi connectivity index (χ2v) is 61.0. The fourth-order valence-electron chi connectivity index (χ4n) is 8.59. The van der Waals surface area contributed by atoms with E-state index in [-0.39, 0.29) is 0 Å². The van der Waals surface area contributed by atoms with Gasteiger partial charge in [0.05, 0.1) is 0 Å². The molecule has 0 aliphatic rings. The van der Waals surface area contributed by atoms with Crippen LogP contribution in [0, 0.1) is 0 Å². The number of unbranched alkanes of at least 4 members (excludes halogenated alkanes) is 20. The Morgan fingerprint density at radius 3 is 0.939 bits per heavy atom. The third-order valence-corrected chi connectivity index (χ3v) is 41.7. The summed E-state index contributed by atoms with van der Waals surface area (Å²) in [7, 11) is 0. The molecule has 5 rings (SSSR count). The van der Waals surface area contributed by atoms with Gasteiger partial charge >= 0.3 is 348 Å². The average Bonchev–Trinajstić information content (AvgIpc) is 4.10. The van der Waals surface area contributed by atoms with Crippen LogP contribution in [0.1, 0.15) is 182 Å².